The molecule has 3 aromatic rings. The summed E-state index contributed by atoms with van der Waals surface area (Å²) >= 11 is 0. The number of carbonyl (C=O) groups excluding carboxylic acids is 4. The summed E-state index contributed by atoms with van der Waals surface area (Å²) in [6, 6.07) is 18.2. The number of hydrogen-bond acceptors (Lipinski definition) is 7. The molecule has 0 radical (unpaired) electrons. The molecule has 0 bridgehead atoms. The van der Waals surface area contributed by atoms with Gasteiger partial charge in [-0.15, -0.1) is 0 Å². The van der Waals surface area contributed by atoms with E-state index in [1.807, 2.05) is 30.3 Å². The highest BCUT2D eigenvalue weighted by atomic mass is 19.1. The fraction of sp³-hybridized carbons (Fsp3) is 0.478. The Kier molecular flexibility index (Phi) is 12.4. The number of amides is 6. The van der Waals surface area contributed by atoms with E-state index in [9.17, 15) is 43.4 Å². The first-order chi connectivity index (χ1) is 29.0. The van der Waals surface area contributed by atoms with Gasteiger partial charge in [0, 0.05) is 18.8 Å². The number of nitrogens with one attached hydrogen (secondary N) is 2. The summed E-state index contributed by atoms with van der Waals surface area (Å²) in [5.41, 5.74) is 11.0. The van der Waals surface area contributed by atoms with E-state index < -0.39 is 75.6 Å². The number of carbonyl (C=O) groups is 6. The van der Waals surface area contributed by atoms with Crippen molar-refractivity contribution in [3.63, 3.8) is 0 Å². The van der Waals surface area contributed by atoms with E-state index in [0.717, 1.165) is 11.1 Å². The third-order valence-corrected chi connectivity index (χ3v) is 12.9. The molecule has 62 heavy (non-hydrogen) atoms. The number of nitrogens with two attached hydrogens (primary N) is 2. The minimum absolute atomic E-state index is 0.210. The van der Waals surface area contributed by atoms with Crippen molar-refractivity contribution < 1.29 is 43.4 Å². The molecular formula is C46H58FN7O8. The van der Waals surface area contributed by atoms with Crippen molar-refractivity contribution in [2.75, 3.05) is 18.0 Å². The Labute approximate surface area is 361 Å². The molecule has 3 aliphatic rings. The quantitative estimate of drug-likeness (QED) is 0.135. The second kappa shape index (κ2) is 16.9. The van der Waals surface area contributed by atoms with Crippen LogP contribution in [0.15, 0.2) is 72.8 Å². The molecule has 332 valence electrons. The van der Waals surface area contributed by atoms with Crippen molar-refractivity contribution in [3.05, 3.63) is 101 Å². The number of anilines is 1. The highest BCUT2D eigenvalue weighted by molar-refractivity contribution is 5.96. The van der Waals surface area contributed by atoms with Gasteiger partial charge >= 0.3 is 12.2 Å². The van der Waals surface area contributed by atoms with Crippen LogP contribution in [0.5, 0.6) is 0 Å². The maximum absolute atomic E-state index is 14.9. The van der Waals surface area contributed by atoms with E-state index in [1.165, 1.54) is 21.9 Å². The minimum atomic E-state index is -1.51. The lowest BCUT2D eigenvalue weighted by Gasteiger charge is -2.41. The number of likely N-dealkylation sites (tertiary alicyclic amines) is 2. The van der Waals surface area contributed by atoms with E-state index in [0.29, 0.717) is 42.5 Å². The van der Waals surface area contributed by atoms with Crippen LogP contribution in [0.2, 0.25) is 0 Å². The Morgan fingerprint density at radius 1 is 0.661 bits per heavy atom. The molecule has 3 aromatic carbocycles. The highest BCUT2D eigenvalue weighted by Crippen LogP contribution is 2.49. The maximum Gasteiger partial charge on any atom is 0.405 e. The van der Waals surface area contributed by atoms with Crippen molar-refractivity contribution in [2.24, 2.45) is 22.3 Å². The van der Waals surface area contributed by atoms with Gasteiger partial charge in [0.15, 0.2) is 0 Å². The third-order valence-electron chi connectivity index (χ3n) is 12.9. The number of rotatable bonds is 11. The lowest BCUT2D eigenvalue weighted by Crippen LogP contribution is -2.61. The predicted molar refractivity (Wildman–Crippen MR) is 229 cm³/mol. The molecule has 6 amide bonds. The second-order valence-corrected chi connectivity index (χ2v) is 18.9. The summed E-state index contributed by atoms with van der Waals surface area (Å²) in [6.45, 7) is 10.9. The van der Waals surface area contributed by atoms with Gasteiger partial charge < -0.3 is 47.0 Å². The lowest BCUT2D eigenvalue weighted by molar-refractivity contribution is -0.147. The second-order valence-electron chi connectivity index (χ2n) is 18.9. The Balaban J connectivity index is 1.33. The van der Waals surface area contributed by atoms with Gasteiger partial charge in [-0.05, 0) is 89.8 Å². The monoisotopic (exact) mass is 855 g/mol. The molecule has 15 nitrogen and oxygen atoms in total. The molecule has 6 atom stereocenters. The molecule has 3 aliphatic heterocycles. The molecule has 3 fully saturated rings. The summed E-state index contributed by atoms with van der Waals surface area (Å²) < 4.78 is 14.9. The van der Waals surface area contributed by atoms with Crippen LogP contribution in [0, 0.1) is 16.6 Å². The predicted octanol–water partition coefficient (Wildman–Crippen LogP) is 5.88. The number of nitrogens with zero attached hydrogens (tertiary/aromatic N) is 3. The van der Waals surface area contributed by atoms with Crippen molar-refractivity contribution in [1.29, 1.82) is 0 Å². The van der Waals surface area contributed by atoms with Crippen LogP contribution in [-0.4, -0.2) is 81.0 Å². The Morgan fingerprint density at radius 2 is 1.05 bits per heavy atom. The van der Waals surface area contributed by atoms with Crippen LogP contribution in [0.3, 0.4) is 0 Å². The van der Waals surface area contributed by atoms with Crippen LogP contribution >= 0.6 is 0 Å². The van der Waals surface area contributed by atoms with Crippen molar-refractivity contribution >= 4 is 41.5 Å². The first-order valence-electron chi connectivity index (χ1n) is 21.0. The van der Waals surface area contributed by atoms with E-state index >= 15 is 0 Å². The maximum atomic E-state index is 14.9. The van der Waals surface area contributed by atoms with Crippen LogP contribution in [0.4, 0.5) is 19.7 Å². The summed E-state index contributed by atoms with van der Waals surface area (Å²) in [5.74, 6) is -2.95. The molecule has 0 aliphatic carbocycles. The van der Waals surface area contributed by atoms with Crippen molar-refractivity contribution in [3.8, 4) is 0 Å². The van der Waals surface area contributed by atoms with Gasteiger partial charge in [-0.1, -0.05) is 96.1 Å². The van der Waals surface area contributed by atoms with Gasteiger partial charge in [-0.25, -0.2) is 14.0 Å². The fourth-order valence-corrected chi connectivity index (χ4v) is 9.91. The van der Waals surface area contributed by atoms with E-state index in [-0.39, 0.29) is 38.0 Å². The van der Waals surface area contributed by atoms with Crippen molar-refractivity contribution in [1.82, 2.24) is 20.4 Å². The standard InChI is InChI=1S/C46H58FN7O8/c1-43(2,3)35(50-41(59)60)37(55)52-24-8-22-45(52,39(48)57)29-16-12-27(13-17-29)33-20-21-34(54(33)32-11-7-10-31(47)26-32)28-14-18-30(19-15-28)46(40(49)58)23-9-25-53(46)38(56)36(44(4,5)6)51-42(61)62/h7,10-19,26,33-36,50-51H,8-9,20-25H2,1-6H3,(H2,48,57)(H2,49,58)(H,59,60)(H,61,62)/t33-,34-,35+,36+,45-,46-/m0/s1. The number of primary amides is 2. The smallest absolute Gasteiger partial charge is 0.405 e. The minimum Gasteiger partial charge on any atom is -0.465 e. The van der Waals surface area contributed by atoms with Crippen LogP contribution in [-0.2, 0) is 30.3 Å². The first-order valence-corrected chi connectivity index (χ1v) is 21.0. The molecule has 0 unspecified atom stereocenters. The van der Waals surface area contributed by atoms with Gasteiger partial charge in [0.25, 0.3) is 0 Å². The van der Waals surface area contributed by atoms with Gasteiger partial charge in [-0.2, -0.15) is 0 Å². The van der Waals surface area contributed by atoms with Crippen molar-refractivity contribution in [2.45, 2.75) is 115 Å². The number of hydrogen-bond donors (Lipinski definition) is 6. The van der Waals surface area contributed by atoms with Gasteiger partial charge in [-0.3, -0.25) is 19.2 Å². The Hall–Kier alpha value is -6.19. The zero-order chi connectivity index (χ0) is 45.5. The molecular weight excluding hydrogens is 798 g/mol. The molecule has 8 N–H and O–H groups in total. The lowest BCUT2D eigenvalue weighted by atomic mass is 9.82. The highest BCUT2D eigenvalue weighted by Gasteiger charge is 2.54. The van der Waals surface area contributed by atoms with Gasteiger partial charge in [0.2, 0.25) is 23.6 Å². The largest absolute Gasteiger partial charge is 0.465 e. The summed E-state index contributed by atoms with van der Waals surface area (Å²) in [7, 11) is 0. The summed E-state index contributed by atoms with van der Waals surface area (Å²) in [5, 5.41) is 23.8. The first kappa shape index (κ1) is 45.3. The molecule has 6 rings (SSSR count). The van der Waals surface area contributed by atoms with E-state index in [4.69, 9.17) is 11.5 Å². The number of halogens is 1. The number of carboxylic acid groups (broad SMARTS) is 2. The Morgan fingerprint density at radius 3 is 1.37 bits per heavy atom. The average Bonchev–Trinajstić information content (AvgIpc) is 3.96. The van der Waals surface area contributed by atoms with Crippen LogP contribution in [0.25, 0.3) is 0 Å². The third kappa shape index (κ3) is 8.26. The molecule has 0 spiro atoms. The van der Waals surface area contributed by atoms with Gasteiger partial charge in [0.1, 0.15) is 29.0 Å². The van der Waals surface area contributed by atoms with E-state index in [2.05, 4.69) is 15.5 Å². The normalized spacial score (nSPS) is 23.8. The fourth-order valence-electron chi connectivity index (χ4n) is 9.91. The summed E-state index contributed by atoms with van der Waals surface area (Å²) in [4.78, 5) is 83.5. The topological polar surface area (TPSA) is 229 Å². The average molecular weight is 856 g/mol. The van der Waals surface area contributed by atoms with Crippen LogP contribution < -0.4 is 27.0 Å². The number of benzene rings is 3. The molecule has 3 heterocycles. The van der Waals surface area contributed by atoms with Crippen LogP contribution in [0.1, 0.15) is 114 Å². The molecule has 0 aromatic heterocycles. The van der Waals surface area contributed by atoms with Gasteiger partial charge in [0.05, 0.1) is 12.1 Å². The molecule has 3 saturated heterocycles. The molecule has 0 saturated carbocycles. The summed E-state index contributed by atoms with van der Waals surface area (Å²) in [6.07, 6.45) is 0.0603. The van der Waals surface area contributed by atoms with E-state index in [1.54, 1.807) is 71.9 Å². The zero-order valence-electron chi connectivity index (χ0n) is 36.1. The molecule has 16 heteroatoms. The zero-order valence-corrected chi connectivity index (χ0v) is 36.1. The SMILES string of the molecule is CC(C)(C)[C@H](NC(=O)O)C(=O)N1CCC[C@@]1(C(N)=O)c1ccc([C@@H]2CC[C@@H](c3ccc([C@]4(C(N)=O)CCCN4C(=O)[C@@H](NC(=O)O)C(C)(C)C)cc3)N2c2cccc(F)c2)cc1. The Bertz CT molecular complexity index is 2090.